The van der Waals surface area contributed by atoms with E-state index in [-0.39, 0.29) is 5.57 Å². The first kappa shape index (κ1) is 16.0. The number of nitrogens with zero attached hydrogens (tertiary/aromatic N) is 1. The van der Waals surface area contributed by atoms with Gasteiger partial charge >= 0.3 is 5.97 Å². The van der Waals surface area contributed by atoms with E-state index < -0.39 is 5.97 Å². The van der Waals surface area contributed by atoms with Crippen LogP contribution in [0, 0.1) is 11.3 Å². The third-order valence-corrected chi connectivity index (χ3v) is 2.93. The summed E-state index contributed by atoms with van der Waals surface area (Å²) in [6.07, 6.45) is 7.04. The Morgan fingerprint density at radius 2 is 1.90 bits per heavy atom. The van der Waals surface area contributed by atoms with Crippen molar-refractivity contribution in [3.05, 3.63) is 41.5 Å². The third-order valence-electron chi connectivity index (χ3n) is 2.93. The van der Waals surface area contributed by atoms with Gasteiger partial charge in [-0.1, -0.05) is 62.9 Å². The molecule has 0 fully saturated rings. The first-order valence-corrected chi connectivity index (χ1v) is 7.12. The fourth-order valence-corrected chi connectivity index (χ4v) is 1.80. The molecular weight excluding hydrogens is 250 g/mol. The number of carbonyl (C=O) groups is 1. The molecule has 0 aromatic heterocycles. The average molecular weight is 271 g/mol. The van der Waals surface area contributed by atoms with Gasteiger partial charge < -0.3 is 4.74 Å². The number of rotatable bonds is 8. The minimum Gasteiger partial charge on any atom is -0.462 e. The number of hydrogen-bond acceptors (Lipinski definition) is 3. The number of benzene rings is 1. The van der Waals surface area contributed by atoms with Crippen LogP contribution in [-0.2, 0) is 9.53 Å². The monoisotopic (exact) mass is 271 g/mol. The Kier molecular flexibility index (Phi) is 7.83. The predicted molar refractivity (Wildman–Crippen MR) is 79.8 cm³/mol. The van der Waals surface area contributed by atoms with Crippen molar-refractivity contribution in [2.75, 3.05) is 6.61 Å². The van der Waals surface area contributed by atoms with Gasteiger partial charge in [-0.05, 0) is 18.1 Å². The molecule has 20 heavy (non-hydrogen) atoms. The van der Waals surface area contributed by atoms with Crippen molar-refractivity contribution >= 4 is 12.0 Å². The Balaban J connectivity index is 2.40. The molecule has 0 bridgehead atoms. The summed E-state index contributed by atoms with van der Waals surface area (Å²) in [5.41, 5.74) is 0.869. The molecule has 0 unspecified atom stereocenters. The summed E-state index contributed by atoms with van der Waals surface area (Å²) in [5, 5.41) is 9.01. The minimum absolute atomic E-state index is 0.0461. The van der Waals surface area contributed by atoms with Gasteiger partial charge in [-0.3, -0.25) is 0 Å². The molecule has 0 saturated carbocycles. The van der Waals surface area contributed by atoms with Gasteiger partial charge in [-0.25, -0.2) is 4.79 Å². The summed E-state index contributed by atoms with van der Waals surface area (Å²) in [4.78, 5) is 11.8. The maximum absolute atomic E-state index is 11.8. The zero-order valence-corrected chi connectivity index (χ0v) is 12.0. The zero-order chi connectivity index (χ0) is 14.6. The van der Waals surface area contributed by atoms with Crippen LogP contribution in [0.3, 0.4) is 0 Å². The van der Waals surface area contributed by atoms with Crippen molar-refractivity contribution < 1.29 is 9.53 Å². The van der Waals surface area contributed by atoms with Crippen molar-refractivity contribution in [1.82, 2.24) is 0 Å². The SMILES string of the molecule is CCCCCCCOC(=O)/C(C#N)=C/c1ccccc1. The summed E-state index contributed by atoms with van der Waals surface area (Å²) in [6, 6.07) is 11.2. The highest BCUT2D eigenvalue weighted by atomic mass is 16.5. The molecule has 0 heterocycles. The summed E-state index contributed by atoms with van der Waals surface area (Å²) in [7, 11) is 0. The second-order valence-corrected chi connectivity index (χ2v) is 4.63. The first-order chi connectivity index (χ1) is 9.77. The minimum atomic E-state index is -0.535. The number of nitriles is 1. The second-order valence-electron chi connectivity index (χ2n) is 4.63. The van der Waals surface area contributed by atoms with Crippen LogP contribution >= 0.6 is 0 Å². The van der Waals surface area contributed by atoms with Gasteiger partial charge in [-0.2, -0.15) is 5.26 Å². The Hall–Kier alpha value is -2.08. The Labute approximate surface area is 120 Å². The third kappa shape index (κ3) is 6.19. The topological polar surface area (TPSA) is 50.1 Å². The van der Waals surface area contributed by atoms with Gasteiger partial charge in [0, 0.05) is 0 Å². The standard InChI is InChI=1S/C17H21NO2/c1-2-3-4-5-9-12-20-17(19)16(14-18)13-15-10-7-6-8-11-15/h6-8,10-11,13H,2-5,9,12H2,1H3/b16-13+. The van der Waals surface area contributed by atoms with Crippen LogP contribution in [0.15, 0.2) is 35.9 Å². The Bertz CT molecular complexity index is 472. The van der Waals surface area contributed by atoms with Crippen molar-refractivity contribution in [3.8, 4) is 6.07 Å². The van der Waals surface area contributed by atoms with E-state index in [0.717, 1.165) is 18.4 Å². The van der Waals surface area contributed by atoms with Gasteiger partial charge in [-0.15, -0.1) is 0 Å². The van der Waals surface area contributed by atoms with Crippen molar-refractivity contribution in [3.63, 3.8) is 0 Å². The highest BCUT2D eigenvalue weighted by Crippen LogP contribution is 2.08. The lowest BCUT2D eigenvalue weighted by atomic mass is 10.1. The van der Waals surface area contributed by atoms with Crippen molar-refractivity contribution in [2.45, 2.75) is 39.0 Å². The smallest absolute Gasteiger partial charge is 0.348 e. The lowest BCUT2D eigenvalue weighted by Gasteiger charge is -2.03. The molecule has 3 nitrogen and oxygen atoms in total. The molecule has 3 heteroatoms. The molecule has 0 aliphatic heterocycles. The maximum Gasteiger partial charge on any atom is 0.348 e. The van der Waals surface area contributed by atoms with Crippen LogP contribution in [-0.4, -0.2) is 12.6 Å². The van der Waals surface area contributed by atoms with Crippen LogP contribution in [0.5, 0.6) is 0 Å². The summed E-state index contributed by atoms with van der Waals surface area (Å²) in [6.45, 7) is 2.55. The molecule has 0 spiro atoms. The quantitative estimate of drug-likeness (QED) is 0.309. The first-order valence-electron chi connectivity index (χ1n) is 7.12. The van der Waals surface area contributed by atoms with E-state index in [4.69, 9.17) is 10.00 Å². The molecular formula is C17H21NO2. The fourth-order valence-electron chi connectivity index (χ4n) is 1.80. The number of hydrogen-bond donors (Lipinski definition) is 0. The van der Waals surface area contributed by atoms with Crippen molar-refractivity contribution in [1.29, 1.82) is 5.26 Å². The number of carbonyl (C=O) groups excluding carboxylic acids is 1. The van der Waals surface area contributed by atoms with E-state index in [1.165, 1.54) is 19.3 Å². The molecule has 0 N–H and O–H groups in total. The van der Waals surface area contributed by atoms with E-state index in [0.29, 0.717) is 6.61 Å². The van der Waals surface area contributed by atoms with Crippen molar-refractivity contribution in [2.24, 2.45) is 0 Å². The lowest BCUT2D eigenvalue weighted by Crippen LogP contribution is -2.08. The molecule has 0 radical (unpaired) electrons. The highest BCUT2D eigenvalue weighted by molar-refractivity contribution is 5.97. The second kappa shape index (κ2) is 9.80. The fraction of sp³-hybridized carbons (Fsp3) is 0.412. The van der Waals surface area contributed by atoms with Gasteiger partial charge in [0.2, 0.25) is 0 Å². The van der Waals surface area contributed by atoms with Gasteiger partial charge in [0.05, 0.1) is 6.61 Å². The van der Waals surface area contributed by atoms with E-state index >= 15 is 0 Å². The maximum atomic E-state index is 11.8. The molecule has 1 aromatic carbocycles. The van der Waals surface area contributed by atoms with Gasteiger partial charge in [0.1, 0.15) is 11.6 Å². The number of esters is 1. The predicted octanol–water partition coefficient (Wildman–Crippen LogP) is 4.11. The highest BCUT2D eigenvalue weighted by Gasteiger charge is 2.10. The van der Waals surface area contributed by atoms with E-state index in [2.05, 4.69) is 6.92 Å². The van der Waals surface area contributed by atoms with Crippen LogP contribution in [0.2, 0.25) is 0 Å². The average Bonchev–Trinajstić information content (AvgIpc) is 2.49. The molecule has 0 amide bonds. The number of ether oxygens (including phenoxy) is 1. The zero-order valence-electron chi connectivity index (χ0n) is 12.0. The molecule has 0 saturated heterocycles. The number of unbranched alkanes of at least 4 members (excludes halogenated alkanes) is 4. The summed E-state index contributed by atoms with van der Waals surface area (Å²) < 4.78 is 5.12. The normalized spacial score (nSPS) is 10.9. The summed E-state index contributed by atoms with van der Waals surface area (Å²) >= 11 is 0. The largest absolute Gasteiger partial charge is 0.462 e. The summed E-state index contributed by atoms with van der Waals surface area (Å²) in [5.74, 6) is -0.535. The Morgan fingerprint density at radius 1 is 1.20 bits per heavy atom. The van der Waals surface area contributed by atoms with Crippen LogP contribution < -0.4 is 0 Å². The molecule has 0 aliphatic carbocycles. The molecule has 0 aliphatic rings. The van der Waals surface area contributed by atoms with Gasteiger partial charge in [0.25, 0.3) is 0 Å². The molecule has 0 atom stereocenters. The van der Waals surface area contributed by atoms with E-state index in [9.17, 15) is 4.79 Å². The van der Waals surface area contributed by atoms with E-state index in [1.54, 1.807) is 6.08 Å². The van der Waals surface area contributed by atoms with Crippen LogP contribution in [0.4, 0.5) is 0 Å². The van der Waals surface area contributed by atoms with E-state index in [1.807, 2.05) is 36.4 Å². The molecule has 1 rings (SSSR count). The molecule has 1 aromatic rings. The van der Waals surface area contributed by atoms with Gasteiger partial charge in [0.15, 0.2) is 0 Å². The lowest BCUT2D eigenvalue weighted by molar-refractivity contribution is -0.138. The van der Waals surface area contributed by atoms with Crippen LogP contribution in [0.25, 0.3) is 6.08 Å². The van der Waals surface area contributed by atoms with Crippen LogP contribution in [0.1, 0.15) is 44.6 Å². The Morgan fingerprint density at radius 3 is 2.55 bits per heavy atom. The molecule has 106 valence electrons.